The molecule has 3 atom stereocenters. The van der Waals surface area contributed by atoms with E-state index < -0.39 is 23.8 Å². The van der Waals surface area contributed by atoms with E-state index in [-0.39, 0.29) is 18.4 Å². The largest absolute Gasteiger partial charge is 0.389 e. The van der Waals surface area contributed by atoms with Gasteiger partial charge in [-0.05, 0) is 43.5 Å². The van der Waals surface area contributed by atoms with E-state index in [0.717, 1.165) is 31.9 Å². The molecule has 4 nitrogen and oxygen atoms in total. The third-order valence-corrected chi connectivity index (χ3v) is 3.94. The Bertz CT molecular complexity index is 499. The van der Waals surface area contributed by atoms with Crippen LogP contribution >= 0.6 is 0 Å². The second-order valence-corrected chi connectivity index (χ2v) is 5.84. The van der Waals surface area contributed by atoms with Gasteiger partial charge in [0.25, 0.3) is 0 Å². The van der Waals surface area contributed by atoms with Gasteiger partial charge in [-0.2, -0.15) is 0 Å². The molecule has 1 amide bonds. The second kappa shape index (κ2) is 7.65. The third-order valence-electron chi connectivity index (χ3n) is 3.94. The van der Waals surface area contributed by atoms with Crippen LogP contribution in [0.5, 0.6) is 0 Å². The van der Waals surface area contributed by atoms with Gasteiger partial charge in [-0.15, -0.1) is 0 Å². The molecule has 1 heterocycles. The number of piperidine rings is 1. The first-order chi connectivity index (χ1) is 10.5. The quantitative estimate of drug-likeness (QED) is 0.772. The van der Waals surface area contributed by atoms with Crippen molar-refractivity contribution in [3.05, 3.63) is 35.4 Å². The molecule has 1 unspecified atom stereocenters. The minimum atomic E-state index is -0.810. The lowest BCUT2D eigenvalue weighted by molar-refractivity contribution is -0.120. The zero-order valence-corrected chi connectivity index (χ0v) is 12.6. The Kier molecular flexibility index (Phi) is 5.85. The Labute approximate surface area is 128 Å². The van der Waals surface area contributed by atoms with E-state index >= 15 is 0 Å². The van der Waals surface area contributed by atoms with Crippen LogP contribution in [0.15, 0.2) is 18.2 Å². The van der Waals surface area contributed by atoms with Crippen molar-refractivity contribution in [3.63, 3.8) is 0 Å². The SMILES string of the molecule is CC(=O)N[C@@H](Cc1cc(F)cc(F)c1)[C@@H](O)C1CCCCN1. The van der Waals surface area contributed by atoms with Crippen molar-refractivity contribution in [1.29, 1.82) is 0 Å². The molecule has 0 aromatic heterocycles. The predicted octanol–water partition coefficient (Wildman–Crippen LogP) is 1.51. The fourth-order valence-corrected chi connectivity index (χ4v) is 2.95. The average Bonchev–Trinajstić information content (AvgIpc) is 2.45. The molecule has 1 saturated heterocycles. The highest BCUT2D eigenvalue weighted by molar-refractivity contribution is 5.73. The summed E-state index contributed by atoms with van der Waals surface area (Å²) in [4.78, 5) is 11.4. The van der Waals surface area contributed by atoms with E-state index in [0.29, 0.717) is 5.56 Å². The zero-order valence-electron chi connectivity index (χ0n) is 12.6. The second-order valence-electron chi connectivity index (χ2n) is 5.84. The molecule has 0 bridgehead atoms. The molecule has 3 N–H and O–H groups in total. The average molecular weight is 312 g/mol. The zero-order chi connectivity index (χ0) is 16.1. The Balaban J connectivity index is 2.12. The van der Waals surface area contributed by atoms with Crippen LogP contribution in [0.3, 0.4) is 0 Å². The number of rotatable bonds is 5. The summed E-state index contributed by atoms with van der Waals surface area (Å²) >= 11 is 0. The summed E-state index contributed by atoms with van der Waals surface area (Å²) in [5.74, 6) is -1.61. The van der Waals surface area contributed by atoms with Gasteiger partial charge in [0.1, 0.15) is 11.6 Å². The molecule has 0 radical (unpaired) electrons. The minimum absolute atomic E-state index is 0.121. The maximum atomic E-state index is 13.3. The van der Waals surface area contributed by atoms with Crippen molar-refractivity contribution >= 4 is 5.91 Å². The lowest BCUT2D eigenvalue weighted by Gasteiger charge is -2.33. The van der Waals surface area contributed by atoms with Crippen molar-refractivity contribution in [2.24, 2.45) is 0 Å². The molecule has 0 spiro atoms. The molecule has 1 fully saturated rings. The van der Waals surface area contributed by atoms with Crippen LogP contribution in [0.25, 0.3) is 0 Å². The Morgan fingerprint density at radius 1 is 1.36 bits per heavy atom. The number of amides is 1. The number of aliphatic hydroxyl groups excluding tert-OH is 1. The van der Waals surface area contributed by atoms with Crippen LogP contribution < -0.4 is 10.6 Å². The summed E-state index contributed by atoms with van der Waals surface area (Å²) in [5.41, 5.74) is 0.408. The summed E-state index contributed by atoms with van der Waals surface area (Å²) in [5, 5.41) is 16.4. The van der Waals surface area contributed by atoms with Gasteiger partial charge in [0.05, 0.1) is 12.1 Å². The van der Waals surface area contributed by atoms with E-state index in [2.05, 4.69) is 10.6 Å². The first-order valence-corrected chi connectivity index (χ1v) is 7.59. The van der Waals surface area contributed by atoms with Gasteiger partial charge < -0.3 is 15.7 Å². The van der Waals surface area contributed by atoms with Crippen LogP contribution in [0.4, 0.5) is 8.78 Å². The molecular formula is C16H22F2N2O2. The molecule has 0 aliphatic carbocycles. The number of hydrogen-bond acceptors (Lipinski definition) is 3. The maximum Gasteiger partial charge on any atom is 0.217 e. The minimum Gasteiger partial charge on any atom is -0.389 e. The Morgan fingerprint density at radius 3 is 2.59 bits per heavy atom. The summed E-state index contributed by atoms with van der Waals surface area (Å²) in [6.07, 6.45) is 2.25. The number of carbonyl (C=O) groups is 1. The van der Waals surface area contributed by atoms with Crippen LogP contribution in [-0.4, -0.2) is 35.7 Å². The highest BCUT2D eigenvalue weighted by Gasteiger charge is 2.29. The fraction of sp³-hybridized carbons (Fsp3) is 0.562. The van der Waals surface area contributed by atoms with Gasteiger partial charge >= 0.3 is 0 Å². The highest BCUT2D eigenvalue weighted by Crippen LogP contribution is 2.17. The van der Waals surface area contributed by atoms with Crippen LogP contribution in [0.2, 0.25) is 0 Å². The molecular weight excluding hydrogens is 290 g/mol. The molecule has 1 aliphatic heterocycles. The lowest BCUT2D eigenvalue weighted by Crippen LogP contribution is -2.54. The van der Waals surface area contributed by atoms with Crippen molar-refractivity contribution in [1.82, 2.24) is 10.6 Å². The van der Waals surface area contributed by atoms with Crippen LogP contribution in [0.1, 0.15) is 31.7 Å². The van der Waals surface area contributed by atoms with Crippen LogP contribution in [-0.2, 0) is 11.2 Å². The number of carbonyl (C=O) groups excluding carboxylic acids is 1. The van der Waals surface area contributed by atoms with Gasteiger partial charge in [0.15, 0.2) is 0 Å². The summed E-state index contributed by atoms with van der Waals surface area (Å²) in [6, 6.07) is 2.53. The summed E-state index contributed by atoms with van der Waals surface area (Å²) < 4.78 is 26.6. The monoisotopic (exact) mass is 312 g/mol. The molecule has 2 rings (SSSR count). The first-order valence-electron chi connectivity index (χ1n) is 7.59. The maximum absolute atomic E-state index is 13.3. The lowest BCUT2D eigenvalue weighted by atomic mass is 9.91. The van der Waals surface area contributed by atoms with Crippen molar-refractivity contribution in [2.45, 2.75) is 50.8 Å². The van der Waals surface area contributed by atoms with Gasteiger partial charge in [-0.25, -0.2) is 8.78 Å². The predicted molar refractivity (Wildman–Crippen MR) is 79.3 cm³/mol. The number of benzene rings is 1. The van der Waals surface area contributed by atoms with Gasteiger partial charge in [-0.3, -0.25) is 4.79 Å². The molecule has 0 saturated carbocycles. The normalized spacial score (nSPS) is 21.2. The standard InChI is InChI=1S/C16H22F2N2O2/c1-10(21)20-15(16(22)14-4-2-3-5-19-14)8-11-6-12(17)9-13(18)7-11/h6-7,9,14-16,19,22H,2-5,8H2,1H3,(H,20,21)/t14?,15-,16-/m0/s1. The van der Waals surface area contributed by atoms with Crippen molar-refractivity contribution in [2.75, 3.05) is 6.54 Å². The van der Waals surface area contributed by atoms with E-state index in [9.17, 15) is 18.7 Å². The van der Waals surface area contributed by atoms with E-state index in [1.165, 1.54) is 19.1 Å². The summed E-state index contributed by atoms with van der Waals surface area (Å²) in [7, 11) is 0. The highest BCUT2D eigenvalue weighted by atomic mass is 19.1. The number of hydrogen-bond donors (Lipinski definition) is 3. The molecule has 6 heteroatoms. The third kappa shape index (κ3) is 4.74. The molecule has 122 valence electrons. The topological polar surface area (TPSA) is 61.4 Å². The van der Waals surface area contributed by atoms with Crippen molar-refractivity contribution in [3.8, 4) is 0 Å². The Hall–Kier alpha value is -1.53. The number of aliphatic hydroxyl groups is 1. The van der Waals surface area contributed by atoms with Gasteiger partial charge in [0, 0.05) is 19.0 Å². The van der Waals surface area contributed by atoms with Gasteiger partial charge in [0.2, 0.25) is 5.91 Å². The van der Waals surface area contributed by atoms with Crippen molar-refractivity contribution < 1.29 is 18.7 Å². The Morgan fingerprint density at radius 2 is 2.05 bits per heavy atom. The molecule has 1 aromatic rings. The fourth-order valence-electron chi connectivity index (χ4n) is 2.95. The number of nitrogens with one attached hydrogen (secondary N) is 2. The molecule has 22 heavy (non-hydrogen) atoms. The first kappa shape index (κ1) is 16.8. The molecule has 1 aromatic carbocycles. The van der Waals surface area contributed by atoms with E-state index in [1.54, 1.807) is 0 Å². The number of halogens is 2. The van der Waals surface area contributed by atoms with E-state index in [4.69, 9.17) is 0 Å². The van der Waals surface area contributed by atoms with Gasteiger partial charge in [-0.1, -0.05) is 6.42 Å². The molecule has 1 aliphatic rings. The summed E-state index contributed by atoms with van der Waals surface area (Å²) in [6.45, 7) is 2.18. The smallest absolute Gasteiger partial charge is 0.217 e. The van der Waals surface area contributed by atoms with Crippen LogP contribution in [0, 0.1) is 11.6 Å². The van der Waals surface area contributed by atoms with E-state index in [1.807, 2.05) is 0 Å².